The molecule has 0 saturated carbocycles. The van der Waals surface area contributed by atoms with E-state index in [0.717, 1.165) is 0 Å². The number of fused-ring (bicyclic) bond motifs is 1. The van der Waals surface area contributed by atoms with Crippen molar-refractivity contribution in [3.8, 4) is 0 Å². The van der Waals surface area contributed by atoms with Crippen LogP contribution in [0.2, 0.25) is 5.02 Å². The molecule has 9 nitrogen and oxygen atoms in total. The molecule has 156 valence electrons. The van der Waals surface area contributed by atoms with Gasteiger partial charge >= 0.3 is 12.1 Å². The van der Waals surface area contributed by atoms with Gasteiger partial charge in [-0.1, -0.05) is 11.6 Å². The summed E-state index contributed by atoms with van der Waals surface area (Å²) in [5.41, 5.74) is 6.03. The SMILES string of the molecule is NCCn1cc(NC(=O)c2cnn3ccc(Cl)c(F)c23)cn1.O=C(O)C(F)(F)F. The highest BCUT2D eigenvalue weighted by Gasteiger charge is 2.38. The summed E-state index contributed by atoms with van der Waals surface area (Å²) in [5, 5.41) is 17.7. The predicted octanol–water partition coefficient (Wildman–Crippen LogP) is 2.17. The molecule has 0 bridgehead atoms. The molecule has 0 aliphatic rings. The quantitative estimate of drug-likeness (QED) is 0.538. The Labute approximate surface area is 164 Å². The number of carboxylic acid groups (broad SMARTS) is 1. The number of anilines is 1. The van der Waals surface area contributed by atoms with Crippen molar-refractivity contribution in [2.75, 3.05) is 11.9 Å². The van der Waals surface area contributed by atoms with Gasteiger partial charge in [-0.2, -0.15) is 23.4 Å². The summed E-state index contributed by atoms with van der Waals surface area (Å²) in [7, 11) is 0. The van der Waals surface area contributed by atoms with Gasteiger partial charge in [-0.05, 0) is 6.07 Å². The second kappa shape index (κ2) is 8.87. The van der Waals surface area contributed by atoms with Gasteiger partial charge < -0.3 is 16.2 Å². The van der Waals surface area contributed by atoms with E-state index in [9.17, 15) is 22.4 Å². The van der Waals surface area contributed by atoms with Gasteiger partial charge in [-0.3, -0.25) is 9.48 Å². The van der Waals surface area contributed by atoms with Crippen molar-refractivity contribution in [2.24, 2.45) is 5.73 Å². The first-order valence-electron chi connectivity index (χ1n) is 7.70. The number of hydrogen-bond donors (Lipinski definition) is 3. The molecule has 0 spiro atoms. The molecule has 3 aromatic rings. The van der Waals surface area contributed by atoms with Crippen LogP contribution in [0.1, 0.15) is 10.4 Å². The number of aliphatic carboxylic acids is 1. The average molecular weight is 437 g/mol. The number of amides is 1. The van der Waals surface area contributed by atoms with Crippen LogP contribution in [-0.4, -0.2) is 49.1 Å². The summed E-state index contributed by atoms with van der Waals surface area (Å²) in [5.74, 6) is -3.94. The molecule has 14 heteroatoms. The largest absolute Gasteiger partial charge is 0.490 e. The van der Waals surface area contributed by atoms with Gasteiger partial charge in [0.05, 0.1) is 35.2 Å². The summed E-state index contributed by atoms with van der Waals surface area (Å²) in [6.07, 6.45) is 0.813. The van der Waals surface area contributed by atoms with Gasteiger partial charge in [-0.15, -0.1) is 0 Å². The Morgan fingerprint density at radius 3 is 2.52 bits per heavy atom. The Bertz CT molecular complexity index is 1030. The molecule has 0 fully saturated rings. The number of nitrogens with zero attached hydrogens (tertiary/aromatic N) is 4. The van der Waals surface area contributed by atoms with Crippen LogP contribution in [0, 0.1) is 5.82 Å². The van der Waals surface area contributed by atoms with Crippen molar-refractivity contribution in [1.82, 2.24) is 19.4 Å². The molecule has 3 aromatic heterocycles. The number of carboxylic acids is 1. The van der Waals surface area contributed by atoms with E-state index >= 15 is 0 Å². The Kier molecular flexibility index (Phi) is 6.76. The molecule has 0 unspecified atom stereocenters. The van der Waals surface area contributed by atoms with E-state index in [2.05, 4.69) is 15.5 Å². The normalized spacial score (nSPS) is 11.1. The molecule has 0 saturated heterocycles. The summed E-state index contributed by atoms with van der Waals surface area (Å²) >= 11 is 5.75. The van der Waals surface area contributed by atoms with Gasteiger partial charge in [0, 0.05) is 18.9 Å². The second-order valence-corrected chi connectivity index (χ2v) is 5.77. The zero-order valence-corrected chi connectivity index (χ0v) is 15.1. The van der Waals surface area contributed by atoms with E-state index < -0.39 is 23.9 Å². The van der Waals surface area contributed by atoms with Gasteiger partial charge in [0.1, 0.15) is 5.52 Å². The summed E-state index contributed by atoms with van der Waals surface area (Å²) in [6, 6.07) is 1.37. The van der Waals surface area contributed by atoms with Gasteiger partial charge in [0.2, 0.25) is 0 Å². The Morgan fingerprint density at radius 2 is 1.93 bits per heavy atom. The minimum absolute atomic E-state index is 0.0272. The van der Waals surface area contributed by atoms with Crippen molar-refractivity contribution in [3.05, 3.63) is 47.3 Å². The predicted molar refractivity (Wildman–Crippen MR) is 93.1 cm³/mol. The first-order chi connectivity index (χ1) is 13.5. The van der Waals surface area contributed by atoms with Gasteiger partial charge in [0.25, 0.3) is 5.91 Å². The average Bonchev–Trinajstić information content (AvgIpc) is 3.25. The van der Waals surface area contributed by atoms with Crippen molar-refractivity contribution in [3.63, 3.8) is 0 Å². The lowest BCUT2D eigenvalue weighted by molar-refractivity contribution is -0.192. The zero-order valence-electron chi connectivity index (χ0n) is 14.3. The standard InChI is InChI=1S/C13H12ClFN6O.C2HF3O2/c14-10-1-3-21-12(11(10)15)9(6-18-21)13(22)19-8-5-17-20(7-8)4-2-16;3-2(4,5)1(6)7/h1,3,5-7H,2,4,16H2,(H,19,22);(H,6,7). The van der Waals surface area contributed by atoms with Crippen LogP contribution < -0.4 is 11.1 Å². The van der Waals surface area contributed by atoms with E-state index in [0.29, 0.717) is 18.8 Å². The molecule has 3 heterocycles. The van der Waals surface area contributed by atoms with E-state index in [1.54, 1.807) is 10.9 Å². The smallest absolute Gasteiger partial charge is 0.475 e. The number of aromatic nitrogens is 4. The number of nitrogens with one attached hydrogen (secondary N) is 1. The third-order valence-electron chi connectivity index (χ3n) is 3.31. The molecule has 4 N–H and O–H groups in total. The Morgan fingerprint density at radius 1 is 1.28 bits per heavy atom. The molecule has 0 radical (unpaired) electrons. The van der Waals surface area contributed by atoms with Crippen LogP contribution in [-0.2, 0) is 11.3 Å². The molecule has 0 aliphatic carbocycles. The first kappa shape index (κ1) is 22.1. The lowest BCUT2D eigenvalue weighted by Gasteiger charge is -2.02. The molecular formula is C15H13ClF4N6O3. The minimum atomic E-state index is -5.08. The second-order valence-electron chi connectivity index (χ2n) is 5.37. The molecule has 0 aliphatic heterocycles. The number of halogens is 5. The minimum Gasteiger partial charge on any atom is -0.475 e. The Balaban J connectivity index is 0.000000370. The third-order valence-corrected chi connectivity index (χ3v) is 3.60. The highest BCUT2D eigenvalue weighted by atomic mass is 35.5. The van der Waals surface area contributed by atoms with E-state index in [-0.39, 0.29) is 16.1 Å². The number of carbonyl (C=O) groups is 2. The van der Waals surface area contributed by atoms with Crippen LogP contribution in [0.5, 0.6) is 0 Å². The highest BCUT2D eigenvalue weighted by molar-refractivity contribution is 6.31. The molecule has 1 amide bonds. The molecule has 3 rings (SSSR count). The maximum absolute atomic E-state index is 14.1. The summed E-state index contributed by atoms with van der Waals surface area (Å²) in [6.45, 7) is 0.976. The molecule has 0 aromatic carbocycles. The number of hydrogen-bond acceptors (Lipinski definition) is 5. The number of rotatable bonds is 4. The molecular weight excluding hydrogens is 424 g/mol. The lowest BCUT2D eigenvalue weighted by atomic mass is 10.2. The van der Waals surface area contributed by atoms with E-state index in [4.69, 9.17) is 27.2 Å². The topological polar surface area (TPSA) is 128 Å². The van der Waals surface area contributed by atoms with Gasteiger partial charge in [0.15, 0.2) is 5.82 Å². The number of nitrogens with two attached hydrogens (primary N) is 1. The number of carbonyl (C=O) groups excluding carboxylic acids is 1. The fourth-order valence-electron chi connectivity index (χ4n) is 2.06. The van der Waals surface area contributed by atoms with Crippen LogP contribution >= 0.6 is 11.6 Å². The fourth-order valence-corrected chi connectivity index (χ4v) is 2.21. The summed E-state index contributed by atoms with van der Waals surface area (Å²) in [4.78, 5) is 21.2. The third kappa shape index (κ3) is 5.42. The van der Waals surface area contributed by atoms with Crippen molar-refractivity contribution < 1.29 is 32.3 Å². The monoisotopic (exact) mass is 436 g/mol. The zero-order chi connectivity index (χ0) is 21.8. The van der Waals surface area contributed by atoms with Crippen LogP contribution in [0.25, 0.3) is 5.52 Å². The maximum atomic E-state index is 14.1. The van der Waals surface area contributed by atoms with E-state index in [1.165, 1.54) is 29.2 Å². The van der Waals surface area contributed by atoms with Crippen LogP contribution in [0.3, 0.4) is 0 Å². The molecule has 0 atom stereocenters. The fraction of sp³-hybridized carbons (Fsp3) is 0.200. The van der Waals surface area contributed by atoms with Gasteiger partial charge in [-0.25, -0.2) is 13.7 Å². The van der Waals surface area contributed by atoms with Crippen molar-refractivity contribution >= 4 is 34.7 Å². The lowest BCUT2D eigenvalue weighted by Crippen LogP contribution is -2.21. The maximum Gasteiger partial charge on any atom is 0.490 e. The number of pyridine rings is 1. The highest BCUT2D eigenvalue weighted by Crippen LogP contribution is 2.22. The number of alkyl halides is 3. The summed E-state index contributed by atoms with van der Waals surface area (Å²) < 4.78 is 48.7. The molecule has 29 heavy (non-hydrogen) atoms. The van der Waals surface area contributed by atoms with Crippen molar-refractivity contribution in [2.45, 2.75) is 12.7 Å². The van der Waals surface area contributed by atoms with Crippen LogP contribution in [0.4, 0.5) is 23.2 Å². The Hall–Kier alpha value is -3.19. The first-order valence-corrected chi connectivity index (χ1v) is 8.07. The van der Waals surface area contributed by atoms with Crippen molar-refractivity contribution in [1.29, 1.82) is 0 Å². The van der Waals surface area contributed by atoms with E-state index in [1.807, 2.05) is 0 Å². The van der Waals surface area contributed by atoms with Crippen LogP contribution in [0.15, 0.2) is 30.9 Å².